The summed E-state index contributed by atoms with van der Waals surface area (Å²) < 4.78 is 22.7. The summed E-state index contributed by atoms with van der Waals surface area (Å²) in [5.74, 6) is -7.47. The summed E-state index contributed by atoms with van der Waals surface area (Å²) in [5.41, 5.74) is -1.24. The number of aliphatic hydroxyl groups is 3. The highest BCUT2D eigenvalue weighted by molar-refractivity contribution is 5.92. The second kappa shape index (κ2) is 11.3. The molecule has 11 N–H and O–H groups in total. The number of benzene rings is 3. The molecule has 0 saturated carbocycles. The van der Waals surface area contributed by atoms with Gasteiger partial charge >= 0.3 is 5.97 Å². The maximum Gasteiger partial charge on any atom is 0.518 e. The number of esters is 1. The van der Waals surface area contributed by atoms with Crippen molar-refractivity contribution in [2.24, 2.45) is 0 Å². The Morgan fingerprint density at radius 2 is 1.39 bits per heavy atom. The van der Waals surface area contributed by atoms with Crippen molar-refractivity contribution in [1.82, 2.24) is 0 Å². The molecule has 1 fully saturated rings. The van der Waals surface area contributed by atoms with Crippen molar-refractivity contribution in [3.63, 3.8) is 0 Å². The first-order valence-electron chi connectivity index (χ1n) is 12.6. The van der Waals surface area contributed by atoms with Gasteiger partial charge in [-0.1, -0.05) is 0 Å². The maximum absolute atomic E-state index is 12.0. The monoisotopic (exact) mass is 617 g/mol. The molecule has 44 heavy (non-hydrogen) atoms. The van der Waals surface area contributed by atoms with Crippen LogP contribution in [0, 0.1) is 0 Å². The lowest BCUT2D eigenvalue weighted by molar-refractivity contribution is -0.274. The van der Waals surface area contributed by atoms with E-state index >= 15 is 0 Å². The fraction of sp³-hybridized carbons (Fsp3) is 0.214. The van der Waals surface area contributed by atoms with Gasteiger partial charge in [0.15, 0.2) is 57.5 Å². The number of ether oxygens (including phenoxy) is 3. The highest BCUT2D eigenvalue weighted by Gasteiger charge is 2.52. The third kappa shape index (κ3) is 5.40. The van der Waals surface area contributed by atoms with Crippen LogP contribution in [0.1, 0.15) is 5.56 Å². The highest BCUT2D eigenvalue weighted by atomic mass is 16.7. The molecule has 0 aromatic heterocycles. The van der Waals surface area contributed by atoms with E-state index in [-0.39, 0.29) is 28.4 Å². The van der Waals surface area contributed by atoms with Crippen molar-refractivity contribution < 1.29 is 74.5 Å². The molecule has 2 aliphatic heterocycles. The Labute approximate surface area is 245 Å². The molecule has 5 atom stereocenters. The average Bonchev–Trinajstić information content (AvgIpc) is 2.97. The minimum atomic E-state index is -1.94. The molecule has 16 nitrogen and oxygen atoms in total. The maximum atomic E-state index is 12.0. The second-order valence-electron chi connectivity index (χ2n) is 9.73. The number of rotatable bonds is 6. The molecule has 5 rings (SSSR count). The van der Waals surface area contributed by atoms with E-state index in [1.165, 1.54) is 0 Å². The molecular formula is C28H25O16+. The van der Waals surface area contributed by atoms with Crippen LogP contribution in [0.2, 0.25) is 0 Å². The van der Waals surface area contributed by atoms with Crippen molar-refractivity contribution in [1.29, 1.82) is 0 Å². The van der Waals surface area contributed by atoms with Crippen molar-refractivity contribution in [3.8, 4) is 68.6 Å². The Bertz CT molecular complexity index is 1720. The first-order chi connectivity index (χ1) is 20.8. The van der Waals surface area contributed by atoms with E-state index < -0.39 is 94.5 Å². The van der Waals surface area contributed by atoms with Gasteiger partial charge < -0.3 is 74.5 Å². The zero-order valence-corrected chi connectivity index (χ0v) is 22.1. The largest absolute Gasteiger partial charge is 0.518 e. The van der Waals surface area contributed by atoms with Gasteiger partial charge in [0.1, 0.15) is 29.3 Å². The normalized spacial score (nSPS) is 21.7. The number of phenols is 7. The van der Waals surface area contributed by atoms with Crippen LogP contribution in [0.5, 0.6) is 46.0 Å². The number of aliphatic hydroxyl groups excluding tert-OH is 3. The number of hydrogen-bond donors (Lipinski definition) is 10. The standard InChI is InChI=1S/C28H24O16/c29-8-20-23(38)24(39)26(44-27(40)10-3-16(34)22(37)17(35)4-10)28(43-20)42-19-7-12-13(31)5-11(30)6-18(12)41-25(19)9-1-14(32)21(36)15(33)2-9/h1-7,20,23-24,26,28-29,31-39H,8H2/p+1/t20-,23+,24+,26-,28-/m1/s1. The zero-order valence-electron chi connectivity index (χ0n) is 22.1. The Balaban J connectivity index is 1.61. The van der Waals surface area contributed by atoms with Crippen LogP contribution in [0.4, 0.5) is 0 Å². The number of hydrogen-bond acceptors (Lipinski definition) is 15. The third-order valence-corrected chi connectivity index (χ3v) is 6.77. The number of aromatic hydroxyl groups is 7. The summed E-state index contributed by atoms with van der Waals surface area (Å²) in [4.78, 5) is 22.6. The van der Waals surface area contributed by atoms with E-state index in [9.17, 15) is 60.7 Å². The lowest BCUT2D eigenvalue weighted by Crippen LogP contribution is -2.61. The minimum absolute atomic E-state index is 0.0763. The molecule has 0 spiro atoms. The van der Waals surface area contributed by atoms with Gasteiger partial charge in [0.25, 0.3) is 12.4 Å². The Morgan fingerprint density at radius 3 is 1.98 bits per heavy atom. The topological polar surface area (TPSA) is 282 Å². The van der Waals surface area contributed by atoms with E-state index in [0.29, 0.717) is 0 Å². The molecule has 0 amide bonds. The number of phenolic OH excluding ortho intramolecular Hbond substituents is 7. The summed E-state index contributed by atoms with van der Waals surface area (Å²) in [6.45, 7) is -0.831. The zero-order chi connectivity index (χ0) is 32.0. The van der Waals surface area contributed by atoms with Gasteiger partial charge in [0.05, 0.1) is 12.2 Å². The van der Waals surface area contributed by atoms with Crippen molar-refractivity contribution >= 4 is 5.97 Å². The van der Waals surface area contributed by atoms with Gasteiger partial charge in [-0.05, 0) is 18.2 Å². The smallest absolute Gasteiger partial charge is 0.507 e. The summed E-state index contributed by atoms with van der Waals surface area (Å²) in [5, 5.41) is 101. The Kier molecular flexibility index (Phi) is 7.75. The van der Waals surface area contributed by atoms with Gasteiger partial charge in [-0.25, -0.2) is 0 Å². The summed E-state index contributed by atoms with van der Waals surface area (Å²) >= 11 is 0. The van der Waals surface area contributed by atoms with Gasteiger partial charge in [0.2, 0.25) is 0 Å². The van der Waals surface area contributed by atoms with Crippen molar-refractivity contribution in [2.45, 2.75) is 30.7 Å². The Hall–Kier alpha value is -5.42. The van der Waals surface area contributed by atoms with E-state index in [1.54, 1.807) is 0 Å². The van der Waals surface area contributed by atoms with E-state index in [1.807, 2.05) is 0 Å². The molecule has 1 aliphatic carbocycles. The molecule has 0 bridgehead atoms. The van der Waals surface area contributed by atoms with Gasteiger partial charge in [0, 0.05) is 29.8 Å². The Morgan fingerprint density at radius 1 is 0.795 bits per heavy atom. The molecule has 2 aromatic carbocycles. The van der Waals surface area contributed by atoms with Crippen LogP contribution < -0.4 is 10.2 Å². The molecule has 0 unspecified atom stereocenters. The van der Waals surface area contributed by atoms with Gasteiger partial charge in [-0.15, -0.1) is 0 Å². The van der Waals surface area contributed by atoms with Crippen molar-refractivity contribution in [3.05, 3.63) is 58.3 Å². The van der Waals surface area contributed by atoms with Crippen LogP contribution in [0.15, 0.2) is 51.7 Å². The molecule has 2 heterocycles. The highest BCUT2D eigenvalue weighted by Crippen LogP contribution is 2.45. The quantitative estimate of drug-likeness (QED) is 0.0780. The fourth-order valence-corrected chi connectivity index (χ4v) is 4.52. The van der Waals surface area contributed by atoms with Crippen LogP contribution in [0.3, 0.4) is 0 Å². The van der Waals surface area contributed by atoms with Crippen LogP contribution >= 0.6 is 0 Å². The summed E-state index contributed by atoms with van der Waals surface area (Å²) in [6, 6.07) is 6.57. The van der Waals surface area contributed by atoms with Crippen molar-refractivity contribution in [2.75, 3.05) is 6.61 Å². The molecule has 16 heteroatoms. The van der Waals surface area contributed by atoms with Crippen LogP contribution in [0.25, 0.3) is 22.6 Å². The lowest BCUT2D eigenvalue weighted by atomic mass is 9.98. The minimum Gasteiger partial charge on any atom is -0.507 e. The number of fused-ring (bicyclic) bond motifs is 1. The molecule has 2 aromatic rings. The summed E-state index contributed by atoms with van der Waals surface area (Å²) in [6.07, 6.45) is -8.89. The SMILES string of the molecule is O=c1cc2oc(-c3cc(O)c(O)c(O)c3)c(O[C@@H]3O[C@H](CO)[C@H](O)[C@H](O)[C@H]3OC(=[OH+])c3cc(O)c(O)c(O)c3)cc-2c(O)c1. The van der Waals surface area contributed by atoms with Crippen LogP contribution in [-0.2, 0) is 9.47 Å². The number of carbonyl (C=O) groups excluding carboxylic acids is 1. The predicted molar refractivity (Wildman–Crippen MR) is 144 cm³/mol. The molecule has 3 aliphatic rings. The predicted octanol–water partition coefficient (Wildman–Crippen LogP) is 0.104. The van der Waals surface area contributed by atoms with E-state index in [4.69, 9.17) is 18.6 Å². The first-order valence-corrected chi connectivity index (χ1v) is 12.6. The fourth-order valence-electron chi connectivity index (χ4n) is 4.52. The third-order valence-electron chi connectivity index (χ3n) is 6.77. The van der Waals surface area contributed by atoms with E-state index in [2.05, 4.69) is 0 Å². The second-order valence-corrected chi connectivity index (χ2v) is 9.73. The molecule has 1 saturated heterocycles. The van der Waals surface area contributed by atoms with Gasteiger partial charge in [-0.3, -0.25) is 4.79 Å². The molecule has 0 radical (unpaired) electrons. The summed E-state index contributed by atoms with van der Waals surface area (Å²) in [7, 11) is 0. The van der Waals surface area contributed by atoms with Crippen LogP contribution in [-0.4, -0.2) is 99.1 Å². The average molecular weight is 617 g/mol. The lowest BCUT2D eigenvalue weighted by Gasteiger charge is -2.38. The van der Waals surface area contributed by atoms with E-state index in [0.717, 1.165) is 42.5 Å². The first kappa shape index (κ1) is 30.1. The van der Waals surface area contributed by atoms with Gasteiger partial charge in [-0.2, -0.15) is 0 Å². The molecule has 232 valence electrons. The molecular weight excluding hydrogens is 592 g/mol.